The molecular formula is C10H18N2O. The van der Waals surface area contributed by atoms with E-state index in [0.29, 0.717) is 6.54 Å². The fraction of sp³-hybridized carbons (Fsp3) is 0.800. The first kappa shape index (κ1) is 10.5. The molecule has 3 N–H and O–H groups in total. The molecule has 3 unspecified atom stereocenters. The summed E-state index contributed by atoms with van der Waals surface area (Å²) >= 11 is 0. The Bertz CT molecular complexity index is 211. The second-order valence-electron chi connectivity index (χ2n) is 3.66. The highest BCUT2D eigenvalue weighted by atomic mass is 16.5. The Balaban J connectivity index is 2.65. The minimum absolute atomic E-state index is 0.0488. The monoisotopic (exact) mass is 182 g/mol. The van der Waals surface area contributed by atoms with E-state index in [4.69, 9.17) is 16.9 Å². The molecular weight excluding hydrogens is 164 g/mol. The third-order valence-corrected chi connectivity index (χ3v) is 2.81. The summed E-state index contributed by atoms with van der Waals surface area (Å²) in [7, 11) is 0. The molecule has 0 aliphatic carbocycles. The van der Waals surface area contributed by atoms with Crippen LogP contribution in [0.25, 0.3) is 0 Å². The number of hydrogen-bond donors (Lipinski definition) is 2. The van der Waals surface area contributed by atoms with E-state index in [-0.39, 0.29) is 17.7 Å². The van der Waals surface area contributed by atoms with Crippen LogP contribution in [-0.2, 0) is 4.74 Å². The van der Waals surface area contributed by atoms with Crippen molar-refractivity contribution in [2.75, 3.05) is 13.2 Å². The van der Waals surface area contributed by atoms with E-state index in [1.165, 1.54) is 0 Å². The molecule has 74 valence electrons. The second-order valence-corrected chi connectivity index (χ2v) is 3.66. The van der Waals surface area contributed by atoms with E-state index in [1.807, 2.05) is 13.8 Å². The first-order valence-corrected chi connectivity index (χ1v) is 4.70. The van der Waals surface area contributed by atoms with Crippen molar-refractivity contribution in [1.29, 1.82) is 0 Å². The van der Waals surface area contributed by atoms with Crippen LogP contribution in [-0.4, -0.2) is 30.8 Å². The fourth-order valence-corrected chi connectivity index (χ4v) is 1.77. The Labute approximate surface area is 80.0 Å². The molecule has 1 aliphatic rings. The molecule has 0 aromatic heterocycles. The molecule has 1 aliphatic heterocycles. The van der Waals surface area contributed by atoms with Crippen LogP contribution in [0.15, 0.2) is 0 Å². The lowest BCUT2D eigenvalue weighted by Gasteiger charge is -2.33. The van der Waals surface area contributed by atoms with E-state index < -0.39 is 0 Å². The summed E-state index contributed by atoms with van der Waals surface area (Å²) in [5, 5.41) is 3.36. The van der Waals surface area contributed by atoms with Crippen LogP contribution in [0.4, 0.5) is 0 Å². The van der Waals surface area contributed by atoms with E-state index >= 15 is 0 Å². The number of rotatable bonds is 3. The quantitative estimate of drug-likeness (QED) is 0.609. The van der Waals surface area contributed by atoms with Gasteiger partial charge in [-0.3, -0.25) is 5.32 Å². The lowest BCUT2D eigenvalue weighted by molar-refractivity contribution is 0.0838. The fourth-order valence-electron chi connectivity index (χ4n) is 1.77. The van der Waals surface area contributed by atoms with Crippen LogP contribution in [0.2, 0.25) is 0 Å². The molecule has 1 saturated heterocycles. The molecule has 3 heteroatoms. The van der Waals surface area contributed by atoms with E-state index in [1.54, 1.807) is 0 Å². The van der Waals surface area contributed by atoms with Crippen LogP contribution in [0.3, 0.4) is 0 Å². The lowest BCUT2D eigenvalue weighted by Crippen LogP contribution is -2.58. The molecule has 0 saturated carbocycles. The van der Waals surface area contributed by atoms with Gasteiger partial charge in [-0.25, -0.2) is 0 Å². The predicted molar refractivity (Wildman–Crippen MR) is 53.2 cm³/mol. The minimum Gasteiger partial charge on any atom is -0.376 e. The number of nitrogens with one attached hydrogen (secondary N) is 1. The average molecular weight is 182 g/mol. The number of nitrogens with two attached hydrogens (primary N) is 1. The summed E-state index contributed by atoms with van der Waals surface area (Å²) in [4.78, 5) is 0. The Morgan fingerprint density at radius 1 is 1.85 bits per heavy atom. The zero-order valence-corrected chi connectivity index (χ0v) is 8.34. The summed E-state index contributed by atoms with van der Waals surface area (Å²) in [6, 6.07) is 0.0488. The lowest BCUT2D eigenvalue weighted by atomic mass is 9.91. The van der Waals surface area contributed by atoms with Crippen molar-refractivity contribution in [3.05, 3.63) is 0 Å². The molecule has 0 radical (unpaired) electrons. The topological polar surface area (TPSA) is 47.3 Å². The maximum atomic E-state index is 5.75. The van der Waals surface area contributed by atoms with Gasteiger partial charge in [0.2, 0.25) is 0 Å². The van der Waals surface area contributed by atoms with Crippen molar-refractivity contribution in [1.82, 2.24) is 5.32 Å². The highest BCUT2D eigenvalue weighted by Crippen LogP contribution is 2.25. The van der Waals surface area contributed by atoms with Gasteiger partial charge in [-0.15, -0.1) is 6.42 Å². The Morgan fingerprint density at radius 3 is 2.92 bits per heavy atom. The van der Waals surface area contributed by atoms with Gasteiger partial charge < -0.3 is 10.5 Å². The predicted octanol–water partition coefficient (Wildman–Crippen LogP) is 0.104. The smallest absolute Gasteiger partial charge is 0.0742 e. The summed E-state index contributed by atoms with van der Waals surface area (Å²) in [5.74, 6) is 2.65. The number of ether oxygens (including phenoxy) is 1. The minimum atomic E-state index is -0.119. The van der Waals surface area contributed by atoms with Gasteiger partial charge in [0, 0.05) is 13.2 Å². The van der Waals surface area contributed by atoms with Gasteiger partial charge in [0.05, 0.1) is 17.7 Å². The molecule has 0 amide bonds. The zero-order chi connectivity index (χ0) is 9.90. The molecule has 0 aromatic carbocycles. The molecule has 13 heavy (non-hydrogen) atoms. The van der Waals surface area contributed by atoms with Gasteiger partial charge in [0.1, 0.15) is 0 Å². The third kappa shape index (κ3) is 2.02. The molecule has 3 atom stereocenters. The molecule has 0 aromatic rings. The van der Waals surface area contributed by atoms with Crippen LogP contribution < -0.4 is 11.1 Å². The highest BCUT2D eigenvalue weighted by Gasteiger charge is 2.40. The third-order valence-electron chi connectivity index (χ3n) is 2.81. The van der Waals surface area contributed by atoms with Crippen LogP contribution in [0.5, 0.6) is 0 Å². The van der Waals surface area contributed by atoms with Gasteiger partial charge >= 0.3 is 0 Å². The van der Waals surface area contributed by atoms with Crippen molar-refractivity contribution >= 4 is 0 Å². The largest absolute Gasteiger partial charge is 0.376 e. The molecule has 1 heterocycles. The molecule has 0 spiro atoms. The van der Waals surface area contributed by atoms with Crippen LogP contribution in [0, 0.1) is 12.3 Å². The summed E-state index contributed by atoms with van der Waals surface area (Å²) in [5.41, 5.74) is 5.63. The van der Waals surface area contributed by atoms with Crippen molar-refractivity contribution in [3.8, 4) is 12.3 Å². The summed E-state index contributed by atoms with van der Waals surface area (Å²) in [6.45, 7) is 5.33. The maximum absolute atomic E-state index is 5.75. The van der Waals surface area contributed by atoms with Crippen molar-refractivity contribution < 1.29 is 4.74 Å². The Morgan fingerprint density at radius 2 is 2.54 bits per heavy atom. The van der Waals surface area contributed by atoms with E-state index in [0.717, 1.165) is 13.0 Å². The van der Waals surface area contributed by atoms with E-state index in [2.05, 4.69) is 11.2 Å². The first-order valence-electron chi connectivity index (χ1n) is 4.70. The van der Waals surface area contributed by atoms with Gasteiger partial charge in [-0.05, 0) is 20.3 Å². The molecule has 3 nitrogen and oxygen atoms in total. The maximum Gasteiger partial charge on any atom is 0.0742 e. The van der Waals surface area contributed by atoms with Gasteiger partial charge in [0.15, 0.2) is 0 Å². The SMILES string of the molecule is C#CC(C)NC1(CN)CCOC1C. The number of hydrogen-bond acceptors (Lipinski definition) is 3. The highest BCUT2D eigenvalue weighted by molar-refractivity contribution is 5.06. The van der Waals surface area contributed by atoms with Crippen molar-refractivity contribution in [2.24, 2.45) is 5.73 Å². The van der Waals surface area contributed by atoms with Gasteiger partial charge in [-0.2, -0.15) is 0 Å². The van der Waals surface area contributed by atoms with Crippen LogP contribution >= 0.6 is 0 Å². The van der Waals surface area contributed by atoms with Crippen LogP contribution in [0.1, 0.15) is 20.3 Å². The van der Waals surface area contributed by atoms with Gasteiger partial charge in [0.25, 0.3) is 0 Å². The molecule has 1 rings (SSSR count). The van der Waals surface area contributed by atoms with Crippen molar-refractivity contribution in [2.45, 2.75) is 38.0 Å². The Kier molecular flexibility index (Phi) is 3.32. The zero-order valence-electron chi connectivity index (χ0n) is 8.34. The average Bonchev–Trinajstić information content (AvgIpc) is 2.48. The normalized spacial score (nSPS) is 35.7. The van der Waals surface area contributed by atoms with E-state index in [9.17, 15) is 0 Å². The standard InChI is InChI=1S/C10H18N2O/c1-4-8(2)12-10(7-11)5-6-13-9(10)3/h1,8-9,12H,5-7,11H2,2-3H3. The number of terminal acetylenes is 1. The molecule has 0 bridgehead atoms. The Hall–Kier alpha value is -0.560. The summed E-state index contributed by atoms with van der Waals surface area (Å²) in [6.07, 6.45) is 6.40. The molecule has 1 fully saturated rings. The second kappa shape index (κ2) is 4.10. The first-order chi connectivity index (χ1) is 6.14. The van der Waals surface area contributed by atoms with Crippen molar-refractivity contribution in [3.63, 3.8) is 0 Å². The summed E-state index contributed by atoms with van der Waals surface area (Å²) < 4.78 is 5.49. The van der Waals surface area contributed by atoms with Gasteiger partial charge in [-0.1, -0.05) is 5.92 Å².